The van der Waals surface area contributed by atoms with Gasteiger partial charge in [-0.3, -0.25) is 4.79 Å². The molecule has 0 heterocycles. The predicted molar refractivity (Wildman–Crippen MR) is 88.7 cm³/mol. The van der Waals surface area contributed by atoms with E-state index in [1.807, 2.05) is 48.5 Å². The van der Waals surface area contributed by atoms with E-state index in [9.17, 15) is 4.79 Å². The van der Waals surface area contributed by atoms with Gasteiger partial charge in [0.15, 0.2) is 6.10 Å². The van der Waals surface area contributed by atoms with Crippen LogP contribution in [0.5, 0.6) is 5.75 Å². The van der Waals surface area contributed by atoms with E-state index in [1.54, 1.807) is 6.92 Å². The highest BCUT2D eigenvalue weighted by atomic mass is 79.9. The van der Waals surface area contributed by atoms with Crippen LogP contribution in [0.1, 0.15) is 19.4 Å². The van der Waals surface area contributed by atoms with Gasteiger partial charge in [-0.1, -0.05) is 47.1 Å². The maximum absolute atomic E-state index is 12.2. The first-order valence-corrected chi connectivity index (χ1v) is 7.70. The second kappa shape index (κ2) is 7.27. The number of aryl methyl sites for hydroxylation is 1. The summed E-state index contributed by atoms with van der Waals surface area (Å²) < 4.78 is 6.70. The lowest BCUT2D eigenvalue weighted by Crippen LogP contribution is -2.30. The SMILES string of the molecule is CCc1ccccc1O[C@H](C)C(=O)Nc1cccc(Br)c1. The van der Waals surface area contributed by atoms with Crippen LogP contribution in [0.2, 0.25) is 0 Å². The number of halogens is 1. The molecule has 1 atom stereocenters. The summed E-state index contributed by atoms with van der Waals surface area (Å²) in [6, 6.07) is 15.3. The normalized spacial score (nSPS) is 11.8. The zero-order valence-corrected chi connectivity index (χ0v) is 13.7. The smallest absolute Gasteiger partial charge is 0.265 e. The first-order valence-electron chi connectivity index (χ1n) is 6.91. The average molecular weight is 348 g/mol. The fourth-order valence-corrected chi connectivity index (χ4v) is 2.36. The first kappa shape index (κ1) is 15.6. The van der Waals surface area contributed by atoms with E-state index in [2.05, 4.69) is 28.2 Å². The predicted octanol–water partition coefficient (Wildman–Crippen LogP) is 4.42. The zero-order chi connectivity index (χ0) is 15.2. The Morgan fingerprint density at radius 1 is 1.24 bits per heavy atom. The highest BCUT2D eigenvalue weighted by Gasteiger charge is 2.16. The van der Waals surface area contributed by atoms with Gasteiger partial charge in [0.05, 0.1) is 0 Å². The van der Waals surface area contributed by atoms with Gasteiger partial charge in [0.2, 0.25) is 0 Å². The molecule has 21 heavy (non-hydrogen) atoms. The van der Waals surface area contributed by atoms with Crippen molar-refractivity contribution in [3.8, 4) is 5.75 Å². The van der Waals surface area contributed by atoms with E-state index in [-0.39, 0.29) is 5.91 Å². The maximum atomic E-state index is 12.2. The number of carbonyl (C=O) groups excluding carboxylic acids is 1. The summed E-state index contributed by atoms with van der Waals surface area (Å²) in [5.41, 5.74) is 1.84. The number of para-hydroxylation sites is 1. The van der Waals surface area contributed by atoms with Crippen LogP contribution in [0.15, 0.2) is 53.0 Å². The average Bonchev–Trinajstić information content (AvgIpc) is 2.47. The monoisotopic (exact) mass is 347 g/mol. The largest absolute Gasteiger partial charge is 0.481 e. The molecule has 0 unspecified atom stereocenters. The van der Waals surface area contributed by atoms with E-state index in [0.717, 1.165) is 27.9 Å². The minimum Gasteiger partial charge on any atom is -0.481 e. The fourth-order valence-electron chi connectivity index (χ4n) is 1.96. The van der Waals surface area contributed by atoms with Gasteiger partial charge in [-0.2, -0.15) is 0 Å². The molecule has 0 aliphatic carbocycles. The number of hydrogen-bond acceptors (Lipinski definition) is 2. The number of carbonyl (C=O) groups is 1. The van der Waals surface area contributed by atoms with Crippen LogP contribution in [0, 0.1) is 0 Å². The lowest BCUT2D eigenvalue weighted by atomic mass is 10.1. The van der Waals surface area contributed by atoms with Crippen LogP contribution in [0.25, 0.3) is 0 Å². The van der Waals surface area contributed by atoms with Crippen molar-refractivity contribution in [2.24, 2.45) is 0 Å². The van der Waals surface area contributed by atoms with Crippen molar-refractivity contribution < 1.29 is 9.53 Å². The molecule has 0 spiro atoms. The lowest BCUT2D eigenvalue weighted by Gasteiger charge is -2.17. The van der Waals surface area contributed by atoms with Crippen molar-refractivity contribution in [3.63, 3.8) is 0 Å². The van der Waals surface area contributed by atoms with Crippen molar-refractivity contribution in [1.82, 2.24) is 0 Å². The molecule has 2 aromatic rings. The Morgan fingerprint density at radius 3 is 2.71 bits per heavy atom. The molecule has 0 saturated carbocycles. The van der Waals surface area contributed by atoms with Crippen molar-refractivity contribution in [2.45, 2.75) is 26.4 Å². The third kappa shape index (κ3) is 4.33. The van der Waals surface area contributed by atoms with Crippen molar-refractivity contribution in [3.05, 3.63) is 58.6 Å². The molecule has 2 rings (SSSR count). The molecule has 110 valence electrons. The standard InChI is InChI=1S/C17H18BrNO2/c1-3-13-7-4-5-10-16(13)21-12(2)17(20)19-15-9-6-8-14(18)11-15/h4-12H,3H2,1-2H3,(H,19,20)/t12-/m1/s1. The Hall–Kier alpha value is -1.81. The van der Waals surface area contributed by atoms with Crippen LogP contribution in [-0.2, 0) is 11.2 Å². The zero-order valence-electron chi connectivity index (χ0n) is 12.1. The van der Waals surface area contributed by atoms with Crippen LogP contribution < -0.4 is 10.1 Å². The van der Waals surface area contributed by atoms with Gasteiger partial charge >= 0.3 is 0 Å². The summed E-state index contributed by atoms with van der Waals surface area (Å²) in [5.74, 6) is 0.593. The molecule has 0 aliphatic heterocycles. The number of hydrogen-bond donors (Lipinski definition) is 1. The minimum atomic E-state index is -0.559. The van der Waals surface area contributed by atoms with Gasteiger partial charge in [-0.15, -0.1) is 0 Å². The highest BCUT2D eigenvalue weighted by Crippen LogP contribution is 2.20. The molecule has 0 radical (unpaired) electrons. The minimum absolute atomic E-state index is 0.168. The summed E-state index contributed by atoms with van der Waals surface area (Å²) in [4.78, 5) is 12.2. The first-order chi connectivity index (χ1) is 10.1. The molecule has 1 N–H and O–H groups in total. The second-order valence-electron chi connectivity index (χ2n) is 4.72. The Bertz CT molecular complexity index is 628. The lowest BCUT2D eigenvalue weighted by molar-refractivity contribution is -0.122. The topological polar surface area (TPSA) is 38.3 Å². The quantitative estimate of drug-likeness (QED) is 0.869. The van der Waals surface area contributed by atoms with E-state index < -0.39 is 6.10 Å². The van der Waals surface area contributed by atoms with Gasteiger partial charge in [-0.25, -0.2) is 0 Å². The number of rotatable bonds is 5. The van der Waals surface area contributed by atoms with Crippen LogP contribution in [0.3, 0.4) is 0 Å². The molecular formula is C17H18BrNO2. The third-order valence-corrected chi connectivity index (χ3v) is 3.61. The summed E-state index contributed by atoms with van der Waals surface area (Å²) in [5, 5.41) is 2.85. The van der Waals surface area contributed by atoms with Gasteiger partial charge in [0.1, 0.15) is 5.75 Å². The molecule has 0 aromatic heterocycles. The molecule has 0 bridgehead atoms. The molecule has 0 aliphatic rings. The third-order valence-electron chi connectivity index (χ3n) is 3.12. The molecule has 0 saturated heterocycles. The van der Waals surface area contributed by atoms with Crippen molar-refractivity contribution in [1.29, 1.82) is 0 Å². The number of benzene rings is 2. The Labute approximate surface area is 133 Å². The molecule has 1 amide bonds. The number of nitrogens with one attached hydrogen (secondary N) is 1. The number of amides is 1. The summed E-state index contributed by atoms with van der Waals surface area (Å²) >= 11 is 3.38. The van der Waals surface area contributed by atoms with Gasteiger partial charge < -0.3 is 10.1 Å². The van der Waals surface area contributed by atoms with Crippen molar-refractivity contribution >= 4 is 27.5 Å². The molecule has 0 fully saturated rings. The van der Waals surface area contributed by atoms with Gasteiger partial charge in [0.25, 0.3) is 5.91 Å². The molecular weight excluding hydrogens is 330 g/mol. The maximum Gasteiger partial charge on any atom is 0.265 e. The van der Waals surface area contributed by atoms with Gasteiger partial charge in [-0.05, 0) is 43.2 Å². The molecule has 3 nitrogen and oxygen atoms in total. The number of ether oxygens (including phenoxy) is 1. The Kier molecular flexibility index (Phi) is 5.39. The highest BCUT2D eigenvalue weighted by molar-refractivity contribution is 9.10. The van der Waals surface area contributed by atoms with Crippen LogP contribution in [0.4, 0.5) is 5.69 Å². The van der Waals surface area contributed by atoms with Gasteiger partial charge in [0, 0.05) is 10.2 Å². The fraction of sp³-hybridized carbons (Fsp3) is 0.235. The number of anilines is 1. The van der Waals surface area contributed by atoms with Crippen LogP contribution >= 0.6 is 15.9 Å². The van der Waals surface area contributed by atoms with E-state index >= 15 is 0 Å². The van der Waals surface area contributed by atoms with E-state index in [4.69, 9.17) is 4.74 Å². The molecule has 4 heteroatoms. The summed E-state index contributed by atoms with van der Waals surface area (Å²) in [7, 11) is 0. The Balaban J connectivity index is 2.02. The second-order valence-corrected chi connectivity index (χ2v) is 5.64. The summed E-state index contributed by atoms with van der Waals surface area (Å²) in [6.45, 7) is 3.81. The van der Waals surface area contributed by atoms with Crippen molar-refractivity contribution in [2.75, 3.05) is 5.32 Å². The molecule has 2 aromatic carbocycles. The van der Waals surface area contributed by atoms with E-state index in [1.165, 1.54) is 0 Å². The Morgan fingerprint density at radius 2 is 2.00 bits per heavy atom. The van der Waals surface area contributed by atoms with Crippen LogP contribution in [-0.4, -0.2) is 12.0 Å². The summed E-state index contributed by atoms with van der Waals surface area (Å²) in [6.07, 6.45) is 0.313. The van der Waals surface area contributed by atoms with E-state index in [0.29, 0.717) is 0 Å².